The summed E-state index contributed by atoms with van der Waals surface area (Å²) in [6.45, 7) is 6.19. The van der Waals surface area contributed by atoms with Crippen LogP contribution in [-0.2, 0) is 0 Å². The summed E-state index contributed by atoms with van der Waals surface area (Å²) in [5.41, 5.74) is 2.79. The van der Waals surface area contributed by atoms with Crippen LogP contribution in [0.2, 0.25) is 0 Å². The third-order valence-corrected chi connectivity index (χ3v) is 3.08. The molecule has 22 heavy (non-hydrogen) atoms. The lowest BCUT2D eigenvalue weighted by atomic mass is 10.1. The maximum Gasteiger partial charge on any atom is 0.406 e. The van der Waals surface area contributed by atoms with Gasteiger partial charge in [0.25, 0.3) is 0 Å². The van der Waals surface area contributed by atoms with Crippen molar-refractivity contribution >= 4 is 5.82 Å². The number of rotatable bonds is 6. The molecule has 6 heteroatoms. The predicted molar refractivity (Wildman–Crippen MR) is 82.5 cm³/mol. The van der Waals surface area contributed by atoms with Gasteiger partial charge in [-0.25, -0.2) is 0 Å². The standard InChI is InChI=1S/C16H18N2O4/c1-11-4-6-14(12(2)10-11)21-8-9-22-15-7-5-13(3)17-16(15)18(19)20/h4-7,10H,8-9H2,1-3H3. The molecular formula is C16H18N2O4. The van der Waals surface area contributed by atoms with Crippen molar-refractivity contribution in [3.05, 3.63) is 57.3 Å². The van der Waals surface area contributed by atoms with Crippen LogP contribution in [-0.4, -0.2) is 23.1 Å². The first-order valence-electron chi connectivity index (χ1n) is 6.92. The van der Waals surface area contributed by atoms with E-state index in [9.17, 15) is 10.1 Å². The molecule has 0 unspecified atom stereocenters. The van der Waals surface area contributed by atoms with E-state index in [1.54, 1.807) is 19.1 Å². The normalized spacial score (nSPS) is 10.3. The average molecular weight is 302 g/mol. The molecule has 2 rings (SSSR count). The molecule has 1 aromatic carbocycles. The Hall–Kier alpha value is -2.63. The summed E-state index contributed by atoms with van der Waals surface area (Å²) in [5.74, 6) is 0.664. The lowest BCUT2D eigenvalue weighted by molar-refractivity contribution is -0.390. The monoisotopic (exact) mass is 302 g/mol. The van der Waals surface area contributed by atoms with E-state index >= 15 is 0 Å². The van der Waals surface area contributed by atoms with Gasteiger partial charge in [-0.2, -0.15) is 0 Å². The number of hydrogen-bond donors (Lipinski definition) is 0. The van der Waals surface area contributed by atoms with Crippen LogP contribution in [0.1, 0.15) is 16.8 Å². The molecule has 0 atom stereocenters. The SMILES string of the molecule is Cc1ccc(OCCOc2ccc(C)nc2[N+](=O)[O-])c(C)c1. The molecule has 0 saturated heterocycles. The van der Waals surface area contributed by atoms with Gasteiger partial charge in [0.05, 0.1) is 0 Å². The molecule has 1 heterocycles. The number of ether oxygens (including phenoxy) is 2. The zero-order valence-corrected chi connectivity index (χ0v) is 12.8. The van der Waals surface area contributed by atoms with Crippen molar-refractivity contribution in [3.63, 3.8) is 0 Å². The third-order valence-electron chi connectivity index (χ3n) is 3.08. The number of pyridine rings is 1. The largest absolute Gasteiger partial charge is 0.490 e. The van der Waals surface area contributed by atoms with Crippen LogP contribution in [0, 0.1) is 30.9 Å². The Morgan fingerprint density at radius 1 is 1.05 bits per heavy atom. The van der Waals surface area contributed by atoms with Crippen LogP contribution < -0.4 is 9.47 Å². The average Bonchev–Trinajstić information content (AvgIpc) is 2.46. The third kappa shape index (κ3) is 3.94. The Morgan fingerprint density at radius 3 is 2.32 bits per heavy atom. The Morgan fingerprint density at radius 2 is 1.68 bits per heavy atom. The van der Waals surface area contributed by atoms with E-state index in [4.69, 9.17) is 9.47 Å². The van der Waals surface area contributed by atoms with Gasteiger partial charge in [0, 0.05) is 6.92 Å². The number of aromatic nitrogens is 1. The maximum atomic E-state index is 10.9. The minimum absolute atomic E-state index is 0.153. The molecule has 116 valence electrons. The summed E-state index contributed by atoms with van der Waals surface area (Å²) in [6.07, 6.45) is 0. The summed E-state index contributed by atoms with van der Waals surface area (Å²) in [6, 6.07) is 9.13. The molecule has 0 saturated carbocycles. The summed E-state index contributed by atoms with van der Waals surface area (Å²) in [7, 11) is 0. The van der Waals surface area contributed by atoms with Crippen molar-refractivity contribution < 1.29 is 14.4 Å². The molecular weight excluding hydrogens is 284 g/mol. The molecule has 6 nitrogen and oxygen atoms in total. The Labute approximate surface area is 128 Å². The second-order valence-corrected chi connectivity index (χ2v) is 5.00. The van der Waals surface area contributed by atoms with E-state index in [1.807, 2.05) is 32.0 Å². The van der Waals surface area contributed by atoms with Crippen molar-refractivity contribution in [1.82, 2.24) is 4.98 Å². The fourth-order valence-corrected chi connectivity index (χ4v) is 2.04. The summed E-state index contributed by atoms with van der Waals surface area (Å²) in [5, 5.41) is 10.9. The highest BCUT2D eigenvalue weighted by atomic mass is 16.6. The van der Waals surface area contributed by atoms with Crippen LogP contribution in [0.25, 0.3) is 0 Å². The fourth-order valence-electron chi connectivity index (χ4n) is 2.04. The van der Waals surface area contributed by atoms with E-state index in [0.717, 1.165) is 11.3 Å². The van der Waals surface area contributed by atoms with Gasteiger partial charge in [-0.15, -0.1) is 0 Å². The first kappa shape index (κ1) is 15.8. The van der Waals surface area contributed by atoms with Crippen molar-refractivity contribution in [2.45, 2.75) is 20.8 Å². The number of benzene rings is 1. The number of nitrogens with zero attached hydrogens (tertiary/aromatic N) is 2. The van der Waals surface area contributed by atoms with E-state index in [1.165, 1.54) is 5.56 Å². The molecule has 0 radical (unpaired) electrons. The zero-order valence-electron chi connectivity index (χ0n) is 12.8. The smallest absolute Gasteiger partial charge is 0.406 e. The zero-order chi connectivity index (χ0) is 16.1. The Balaban J connectivity index is 1.93. The van der Waals surface area contributed by atoms with Crippen LogP contribution in [0.3, 0.4) is 0 Å². The molecule has 0 aliphatic heterocycles. The minimum Gasteiger partial charge on any atom is -0.490 e. The number of aryl methyl sites for hydroxylation is 3. The Bertz CT molecular complexity index is 686. The second-order valence-electron chi connectivity index (χ2n) is 5.00. The van der Waals surface area contributed by atoms with Gasteiger partial charge in [-0.1, -0.05) is 17.7 Å². The number of nitro groups is 1. The van der Waals surface area contributed by atoms with E-state index in [0.29, 0.717) is 12.3 Å². The molecule has 0 spiro atoms. The predicted octanol–water partition coefficient (Wildman–Crippen LogP) is 3.37. The highest BCUT2D eigenvalue weighted by Gasteiger charge is 2.17. The van der Waals surface area contributed by atoms with Gasteiger partial charge in [0.2, 0.25) is 5.75 Å². The molecule has 1 aromatic heterocycles. The van der Waals surface area contributed by atoms with Crippen molar-refractivity contribution in [3.8, 4) is 11.5 Å². The van der Waals surface area contributed by atoms with Gasteiger partial charge >= 0.3 is 5.82 Å². The van der Waals surface area contributed by atoms with Crippen molar-refractivity contribution in [1.29, 1.82) is 0 Å². The van der Waals surface area contributed by atoms with Gasteiger partial charge in [0.1, 0.15) is 24.7 Å². The Kier molecular flexibility index (Phi) is 4.93. The first-order valence-corrected chi connectivity index (χ1v) is 6.92. The molecule has 2 aromatic rings. The van der Waals surface area contributed by atoms with Gasteiger partial charge in [-0.3, -0.25) is 0 Å². The quantitative estimate of drug-likeness (QED) is 0.464. The van der Waals surface area contributed by atoms with Gasteiger partial charge in [0.15, 0.2) is 0 Å². The second kappa shape index (κ2) is 6.89. The summed E-state index contributed by atoms with van der Waals surface area (Å²) in [4.78, 5) is 14.3. The van der Waals surface area contributed by atoms with Crippen LogP contribution in [0.4, 0.5) is 5.82 Å². The lowest BCUT2D eigenvalue weighted by Crippen LogP contribution is -2.11. The van der Waals surface area contributed by atoms with Crippen molar-refractivity contribution in [2.75, 3.05) is 13.2 Å². The van der Waals surface area contributed by atoms with Gasteiger partial charge < -0.3 is 19.6 Å². The number of hydrogen-bond acceptors (Lipinski definition) is 5. The van der Waals surface area contributed by atoms with Crippen LogP contribution in [0.15, 0.2) is 30.3 Å². The van der Waals surface area contributed by atoms with E-state index in [-0.39, 0.29) is 18.2 Å². The molecule has 0 bridgehead atoms. The lowest BCUT2D eigenvalue weighted by Gasteiger charge is -2.10. The molecule has 0 fully saturated rings. The fraction of sp³-hybridized carbons (Fsp3) is 0.312. The highest BCUT2D eigenvalue weighted by Crippen LogP contribution is 2.24. The molecule has 0 N–H and O–H groups in total. The highest BCUT2D eigenvalue weighted by molar-refractivity contribution is 5.40. The van der Waals surface area contributed by atoms with E-state index < -0.39 is 4.92 Å². The molecule has 0 aliphatic carbocycles. The first-order chi connectivity index (χ1) is 10.5. The summed E-state index contributed by atoms with van der Waals surface area (Å²) < 4.78 is 11.0. The topological polar surface area (TPSA) is 74.5 Å². The van der Waals surface area contributed by atoms with Crippen LogP contribution in [0.5, 0.6) is 11.5 Å². The molecule has 0 aliphatic rings. The van der Waals surface area contributed by atoms with Crippen LogP contribution >= 0.6 is 0 Å². The van der Waals surface area contributed by atoms with E-state index in [2.05, 4.69) is 4.98 Å². The minimum atomic E-state index is -0.548. The van der Waals surface area contributed by atoms with Crippen molar-refractivity contribution in [2.24, 2.45) is 0 Å². The molecule has 0 amide bonds. The van der Waals surface area contributed by atoms with Gasteiger partial charge in [-0.05, 0) is 47.5 Å². The maximum absolute atomic E-state index is 10.9. The summed E-state index contributed by atoms with van der Waals surface area (Å²) >= 11 is 0.